The summed E-state index contributed by atoms with van der Waals surface area (Å²) in [5.41, 5.74) is 1.78. The highest BCUT2D eigenvalue weighted by Gasteiger charge is 2.24. The average molecular weight is 406 g/mol. The van der Waals surface area contributed by atoms with Gasteiger partial charge in [0.25, 0.3) is 5.91 Å². The third-order valence-electron chi connectivity index (χ3n) is 4.06. The Morgan fingerprint density at radius 2 is 1.93 bits per heavy atom. The summed E-state index contributed by atoms with van der Waals surface area (Å²) in [7, 11) is 0. The lowest BCUT2D eigenvalue weighted by molar-refractivity contribution is -0.123. The number of rotatable bonds is 5. The van der Waals surface area contributed by atoms with Crippen LogP contribution in [0, 0.1) is 5.82 Å². The summed E-state index contributed by atoms with van der Waals surface area (Å²) in [5.74, 6) is -1.58. The normalized spacial score (nSPS) is 12.0. The van der Waals surface area contributed by atoms with Crippen molar-refractivity contribution in [3.8, 4) is 0 Å². The van der Waals surface area contributed by atoms with E-state index in [0.717, 1.165) is 23.3 Å². The van der Waals surface area contributed by atoms with Gasteiger partial charge in [-0.2, -0.15) is 0 Å². The summed E-state index contributed by atoms with van der Waals surface area (Å²) < 4.78 is 19.1. The Hall–Kier alpha value is -2.44. The van der Waals surface area contributed by atoms with Gasteiger partial charge in [-0.05, 0) is 49.2 Å². The van der Waals surface area contributed by atoms with Crippen molar-refractivity contribution in [3.05, 3.63) is 63.7 Å². The molecule has 7 heteroatoms. The van der Waals surface area contributed by atoms with E-state index in [9.17, 15) is 14.0 Å². The molecular formula is C20H17ClFNO3S. The van der Waals surface area contributed by atoms with E-state index in [-0.39, 0.29) is 9.90 Å². The first-order valence-electron chi connectivity index (χ1n) is 8.37. The molecule has 0 spiro atoms. The van der Waals surface area contributed by atoms with E-state index < -0.39 is 23.8 Å². The highest BCUT2D eigenvalue weighted by molar-refractivity contribution is 7.21. The molecule has 3 rings (SSSR count). The lowest BCUT2D eigenvalue weighted by atomic mass is 10.1. The topological polar surface area (TPSA) is 55.4 Å². The molecular weight excluding hydrogens is 389 g/mol. The summed E-state index contributed by atoms with van der Waals surface area (Å²) in [4.78, 5) is 24.8. The number of esters is 1. The van der Waals surface area contributed by atoms with E-state index in [0.29, 0.717) is 15.8 Å². The number of amides is 1. The van der Waals surface area contributed by atoms with Gasteiger partial charge in [-0.3, -0.25) is 4.79 Å². The first-order valence-corrected chi connectivity index (χ1v) is 9.56. The van der Waals surface area contributed by atoms with Crippen molar-refractivity contribution in [1.29, 1.82) is 0 Å². The fourth-order valence-electron chi connectivity index (χ4n) is 2.51. The molecule has 0 bridgehead atoms. The van der Waals surface area contributed by atoms with Crippen LogP contribution in [0.25, 0.3) is 10.1 Å². The zero-order chi connectivity index (χ0) is 19.6. The van der Waals surface area contributed by atoms with Crippen LogP contribution in [0.4, 0.5) is 10.1 Å². The molecule has 0 aliphatic heterocycles. The molecule has 140 valence electrons. The maximum atomic E-state index is 13.3. The van der Waals surface area contributed by atoms with Gasteiger partial charge in [0, 0.05) is 15.8 Å². The van der Waals surface area contributed by atoms with Crippen molar-refractivity contribution in [3.63, 3.8) is 0 Å². The molecule has 0 aliphatic rings. The van der Waals surface area contributed by atoms with Gasteiger partial charge < -0.3 is 10.1 Å². The van der Waals surface area contributed by atoms with Crippen LogP contribution < -0.4 is 5.32 Å². The van der Waals surface area contributed by atoms with Crippen molar-refractivity contribution in [2.24, 2.45) is 0 Å². The standard InChI is InChI=1S/C20H17ClFNO3S/c1-3-12-4-7-14(8-5-12)23-19(24)11(2)26-20(25)18-17(21)15-9-6-13(22)10-16(15)27-18/h4-11H,3H2,1-2H3,(H,23,24). The molecule has 1 N–H and O–H groups in total. The molecule has 1 heterocycles. The van der Waals surface area contributed by atoms with Crippen LogP contribution in [0.1, 0.15) is 29.1 Å². The summed E-state index contributed by atoms with van der Waals surface area (Å²) in [6.07, 6.45) is -0.108. The Labute approximate surface area is 164 Å². The second-order valence-corrected chi connectivity index (χ2v) is 7.40. The van der Waals surface area contributed by atoms with E-state index in [2.05, 4.69) is 5.32 Å². The summed E-state index contributed by atoms with van der Waals surface area (Å²) in [6, 6.07) is 11.5. The molecule has 3 aromatic rings. The van der Waals surface area contributed by atoms with Gasteiger partial charge in [0.15, 0.2) is 6.10 Å². The van der Waals surface area contributed by atoms with Gasteiger partial charge in [-0.25, -0.2) is 9.18 Å². The van der Waals surface area contributed by atoms with E-state index in [1.54, 1.807) is 12.1 Å². The van der Waals surface area contributed by atoms with Gasteiger partial charge in [0.1, 0.15) is 10.7 Å². The minimum Gasteiger partial charge on any atom is -0.448 e. The van der Waals surface area contributed by atoms with Crippen LogP contribution in [0.3, 0.4) is 0 Å². The fourth-order valence-corrected chi connectivity index (χ4v) is 3.92. The molecule has 0 radical (unpaired) electrons. The molecule has 1 unspecified atom stereocenters. The summed E-state index contributed by atoms with van der Waals surface area (Å²) >= 11 is 7.24. The van der Waals surface area contributed by atoms with Crippen LogP contribution in [0.2, 0.25) is 5.02 Å². The van der Waals surface area contributed by atoms with E-state index in [1.807, 2.05) is 19.1 Å². The molecule has 0 saturated carbocycles. The number of ether oxygens (including phenoxy) is 1. The number of aryl methyl sites for hydroxylation is 1. The van der Waals surface area contributed by atoms with Crippen molar-refractivity contribution in [1.82, 2.24) is 0 Å². The van der Waals surface area contributed by atoms with Crippen molar-refractivity contribution in [2.45, 2.75) is 26.4 Å². The monoisotopic (exact) mass is 405 g/mol. The zero-order valence-electron chi connectivity index (χ0n) is 14.7. The first kappa shape index (κ1) is 19.3. The molecule has 27 heavy (non-hydrogen) atoms. The maximum Gasteiger partial charge on any atom is 0.350 e. The quantitative estimate of drug-likeness (QED) is 0.575. The Morgan fingerprint density at radius 3 is 2.59 bits per heavy atom. The lowest BCUT2D eigenvalue weighted by Crippen LogP contribution is -2.29. The molecule has 0 fully saturated rings. The van der Waals surface area contributed by atoms with Gasteiger partial charge in [-0.15, -0.1) is 11.3 Å². The van der Waals surface area contributed by atoms with Crippen molar-refractivity contribution >= 4 is 50.6 Å². The number of carbonyl (C=O) groups excluding carboxylic acids is 2. The van der Waals surface area contributed by atoms with Crippen LogP contribution in [-0.2, 0) is 16.0 Å². The van der Waals surface area contributed by atoms with Crippen molar-refractivity contribution in [2.75, 3.05) is 5.32 Å². The third kappa shape index (κ3) is 4.28. The molecule has 0 aliphatic carbocycles. The van der Waals surface area contributed by atoms with Gasteiger partial charge in [0.2, 0.25) is 0 Å². The largest absolute Gasteiger partial charge is 0.448 e. The summed E-state index contributed by atoms with van der Waals surface area (Å²) in [5, 5.41) is 3.47. The molecule has 1 atom stereocenters. The smallest absolute Gasteiger partial charge is 0.350 e. The number of thiophene rings is 1. The number of hydrogen-bond donors (Lipinski definition) is 1. The molecule has 4 nitrogen and oxygen atoms in total. The predicted molar refractivity (Wildman–Crippen MR) is 106 cm³/mol. The number of carbonyl (C=O) groups is 2. The Morgan fingerprint density at radius 1 is 1.22 bits per heavy atom. The Bertz CT molecular complexity index is 1000. The average Bonchev–Trinajstić information content (AvgIpc) is 2.98. The van der Waals surface area contributed by atoms with Crippen molar-refractivity contribution < 1.29 is 18.7 Å². The van der Waals surface area contributed by atoms with E-state index in [4.69, 9.17) is 16.3 Å². The number of nitrogens with one attached hydrogen (secondary N) is 1. The van der Waals surface area contributed by atoms with Crippen LogP contribution in [0.5, 0.6) is 0 Å². The summed E-state index contributed by atoms with van der Waals surface area (Å²) in [6.45, 7) is 3.52. The minimum atomic E-state index is -1.01. The Kier molecular flexibility index (Phi) is 5.77. The number of fused-ring (bicyclic) bond motifs is 1. The van der Waals surface area contributed by atoms with Gasteiger partial charge >= 0.3 is 5.97 Å². The highest BCUT2D eigenvalue weighted by Crippen LogP contribution is 2.36. The molecule has 1 aromatic heterocycles. The zero-order valence-corrected chi connectivity index (χ0v) is 16.3. The number of halogens is 2. The SMILES string of the molecule is CCc1ccc(NC(=O)C(C)OC(=O)c2sc3cc(F)ccc3c2Cl)cc1. The van der Waals surface area contributed by atoms with E-state index in [1.165, 1.54) is 25.1 Å². The number of hydrogen-bond acceptors (Lipinski definition) is 4. The minimum absolute atomic E-state index is 0.143. The third-order valence-corrected chi connectivity index (χ3v) is 5.70. The van der Waals surface area contributed by atoms with Gasteiger partial charge in [0.05, 0.1) is 5.02 Å². The molecule has 2 aromatic carbocycles. The highest BCUT2D eigenvalue weighted by atomic mass is 35.5. The first-order chi connectivity index (χ1) is 12.9. The Balaban J connectivity index is 1.69. The number of anilines is 1. The second kappa shape index (κ2) is 8.06. The van der Waals surface area contributed by atoms with Crippen LogP contribution in [0.15, 0.2) is 42.5 Å². The van der Waals surface area contributed by atoms with Crippen LogP contribution >= 0.6 is 22.9 Å². The maximum absolute atomic E-state index is 13.3. The van der Waals surface area contributed by atoms with Crippen LogP contribution in [-0.4, -0.2) is 18.0 Å². The van der Waals surface area contributed by atoms with Gasteiger partial charge in [-0.1, -0.05) is 30.7 Å². The van der Waals surface area contributed by atoms with E-state index >= 15 is 0 Å². The molecule has 0 saturated heterocycles. The second-order valence-electron chi connectivity index (χ2n) is 5.97. The number of benzene rings is 2. The predicted octanol–water partition coefficient (Wildman–Crippen LogP) is 5.44. The molecule has 1 amide bonds. The lowest BCUT2D eigenvalue weighted by Gasteiger charge is -2.13. The fraction of sp³-hybridized carbons (Fsp3) is 0.200.